The molecule has 0 heterocycles. The van der Waals surface area contributed by atoms with E-state index in [1.54, 1.807) is 7.11 Å². The SMILES string of the molecule is CCCOc1ccc(CN=C(NCC)NCC)cc1OC. The van der Waals surface area contributed by atoms with Crippen LogP contribution in [-0.2, 0) is 6.54 Å². The Morgan fingerprint density at radius 3 is 2.38 bits per heavy atom. The molecule has 5 heteroatoms. The van der Waals surface area contributed by atoms with Gasteiger partial charge < -0.3 is 20.1 Å². The van der Waals surface area contributed by atoms with Crippen LogP contribution in [-0.4, -0.2) is 32.8 Å². The maximum absolute atomic E-state index is 5.65. The lowest BCUT2D eigenvalue weighted by Crippen LogP contribution is -2.36. The van der Waals surface area contributed by atoms with Gasteiger partial charge >= 0.3 is 0 Å². The summed E-state index contributed by atoms with van der Waals surface area (Å²) < 4.78 is 11.0. The molecule has 0 aromatic heterocycles. The molecule has 1 aromatic carbocycles. The monoisotopic (exact) mass is 293 g/mol. The Morgan fingerprint density at radius 1 is 1.10 bits per heavy atom. The summed E-state index contributed by atoms with van der Waals surface area (Å²) in [5.41, 5.74) is 1.09. The first-order chi connectivity index (χ1) is 10.2. The van der Waals surface area contributed by atoms with Gasteiger partial charge in [-0.1, -0.05) is 13.0 Å². The largest absolute Gasteiger partial charge is 0.493 e. The van der Waals surface area contributed by atoms with Crippen LogP contribution in [0.5, 0.6) is 11.5 Å². The van der Waals surface area contributed by atoms with Gasteiger partial charge in [0.05, 0.1) is 20.3 Å². The first-order valence-electron chi connectivity index (χ1n) is 7.57. The van der Waals surface area contributed by atoms with E-state index in [4.69, 9.17) is 9.47 Å². The van der Waals surface area contributed by atoms with E-state index < -0.39 is 0 Å². The van der Waals surface area contributed by atoms with Crippen molar-refractivity contribution in [3.8, 4) is 11.5 Å². The van der Waals surface area contributed by atoms with Crippen LogP contribution in [0.4, 0.5) is 0 Å². The van der Waals surface area contributed by atoms with Crippen LogP contribution >= 0.6 is 0 Å². The molecule has 0 saturated heterocycles. The van der Waals surface area contributed by atoms with Crippen molar-refractivity contribution in [3.63, 3.8) is 0 Å². The fourth-order valence-corrected chi connectivity index (χ4v) is 1.82. The number of aliphatic imine (C=N–C) groups is 1. The summed E-state index contributed by atoms with van der Waals surface area (Å²) in [6, 6.07) is 5.94. The number of guanidine groups is 1. The van der Waals surface area contributed by atoms with E-state index in [2.05, 4.69) is 36.4 Å². The van der Waals surface area contributed by atoms with Gasteiger partial charge in [-0.3, -0.25) is 0 Å². The fraction of sp³-hybridized carbons (Fsp3) is 0.562. The second-order valence-corrected chi connectivity index (χ2v) is 4.56. The molecule has 0 atom stereocenters. The highest BCUT2D eigenvalue weighted by molar-refractivity contribution is 5.79. The third-order valence-electron chi connectivity index (χ3n) is 2.80. The summed E-state index contributed by atoms with van der Waals surface area (Å²) in [5.74, 6) is 2.36. The number of nitrogens with one attached hydrogen (secondary N) is 2. The average Bonchev–Trinajstić information content (AvgIpc) is 2.51. The fourth-order valence-electron chi connectivity index (χ4n) is 1.82. The van der Waals surface area contributed by atoms with E-state index in [1.807, 2.05) is 18.2 Å². The highest BCUT2D eigenvalue weighted by atomic mass is 16.5. The second kappa shape index (κ2) is 9.91. The van der Waals surface area contributed by atoms with E-state index in [1.165, 1.54) is 0 Å². The Labute approximate surface area is 127 Å². The van der Waals surface area contributed by atoms with Gasteiger partial charge in [-0.15, -0.1) is 0 Å². The molecule has 1 rings (SSSR count). The molecule has 0 aliphatic heterocycles. The molecular formula is C16H27N3O2. The first-order valence-corrected chi connectivity index (χ1v) is 7.57. The highest BCUT2D eigenvalue weighted by Crippen LogP contribution is 2.28. The van der Waals surface area contributed by atoms with Crippen molar-refractivity contribution in [2.45, 2.75) is 33.7 Å². The quantitative estimate of drug-likeness (QED) is 0.571. The molecule has 2 N–H and O–H groups in total. The molecule has 0 fully saturated rings. The van der Waals surface area contributed by atoms with Gasteiger partial charge in [-0.05, 0) is 38.0 Å². The average molecular weight is 293 g/mol. The third-order valence-corrected chi connectivity index (χ3v) is 2.80. The Bertz CT molecular complexity index is 439. The second-order valence-electron chi connectivity index (χ2n) is 4.56. The van der Waals surface area contributed by atoms with Crippen LogP contribution in [0.2, 0.25) is 0 Å². The van der Waals surface area contributed by atoms with Crippen molar-refractivity contribution >= 4 is 5.96 Å². The normalized spacial score (nSPS) is 9.90. The summed E-state index contributed by atoms with van der Waals surface area (Å²) in [6.45, 7) is 9.17. The summed E-state index contributed by atoms with van der Waals surface area (Å²) in [4.78, 5) is 4.54. The minimum absolute atomic E-state index is 0.597. The summed E-state index contributed by atoms with van der Waals surface area (Å²) >= 11 is 0. The van der Waals surface area contributed by atoms with Crippen LogP contribution in [0, 0.1) is 0 Å². The van der Waals surface area contributed by atoms with Crippen LogP contribution < -0.4 is 20.1 Å². The molecule has 0 aliphatic rings. The maximum Gasteiger partial charge on any atom is 0.191 e. The lowest BCUT2D eigenvalue weighted by atomic mass is 10.2. The summed E-state index contributed by atoms with van der Waals surface area (Å²) in [5, 5.41) is 6.41. The highest BCUT2D eigenvalue weighted by Gasteiger charge is 2.05. The zero-order valence-corrected chi connectivity index (χ0v) is 13.5. The van der Waals surface area contributed by atoms with E-state index in [-0.39, 0.29) is 0 Å². The molecule has 0 aliphatic carbocycles. The minimum atomic E-state index is 0.597. The first kappa shape index (κ1) is 17.1. The van der Waals surface area contributed by atoms with Gasteiger partial charge in [-0.2, -0.15) is 0 Å². The molecule has 0 unspecified atom stereocenters. The van der Waals surface area contributed by atoms with Crippen molar-refractivity contribution in [2.75, 3.05) is 26.8 Å². The zero-order valence-electron chi connectivity index (χ0n) is 13.5. The number of benzene rings is 1. The molecule has 118 valence electrons. The van der Waals surface area contributed by atoms with Crippen LogP contribution in [0.1, 0.15) is 32.8 Å². The molecule has 21 heavy (non-hydrogen) atoms. The van der Waals surface area contributed by atoms with Crippen molar-refractivity contribution < 1.29 is 9.47 Å². The number of rotatable bonds is 8. The van der Waals surface area contributed by atoms with Gasteiger partial charge in [0.15, 0.2) is 17.5 Å². The van der Waals surface area contributed by atoms with E-state index in [0.29, 0.717) is 13.2 Å². The van der Waals surface area contributed by atoms with Crippen LogP contribution in [0.3, 0.4) is 0 Å². The van der Waals surface area contributed by atoms with Crippen molar-refractivity contribution in [1.29, 1.82) is 0 Å². The van der Waals surface area contributed by atoms with Gasteiger partial charge in [-0.25, -0.2) is 4.99 Å². The number of methoxy groups -OCH3 is 1. The molecule has 1 aromatic rings. The van der Waals surface area contributed by atoms with Gasteiger partial charge in [0, 0.05) is 13.1 Å². The number of hydrogen-bond donors (Lipinski definition) is 2. The molecule has 0 saturated carbocycles. The Balaban J connectivity index is 2.76. The predicted molar refractivity (Wildman–Crippen MR) is 87.3 cm³/mol. The summed E-state index contributed by atoms with van der Waals surface area (Å²) in [6.07, 6.45) is 0.976. The van der Waals surface area contributed by atoms with Crippen LogP contribution in [0.25, 0.3) is 0 Å². The number of ether oxygens (including phenoxy) is 2. The molecule has 0 bridgehead atoms. The lowest BCUT2D eigenvalue weighted by Gasteiger charge is -2.12. The molecule has 0 radical (unpaired) electrons. The predicted octanol–water partition coefficient (Wildman–Crippen LogP) is 2.56. The van der Waals surface area contributed by atoms with Crippen molar-refractivity contribution in [2.24, 2.45) is 4.99 Å². The molecule has 0 spiro atoms. The Kier molecular flexibility index (Phi) is 8.09. The zero-order chi connectivity index (χ0) is 15.5. The topological polar surface area (TPSA) is 54.9 Å². The standard InChI is InChI=1S/C16H27N3O2/c1-5-10-21-14-9-8-13(11-15(14)20-4)12-19-16(17-6-2)18-7-3/h8-9,11H,5-7,10,12H2,1-4H3,(H2,17,18,19). The Hall–Kier alpha value is -1.91. The number of nitrogens with zero attached hydrogens (tertiary/aromatic N) is 1. The van der Waals surface area contributed by atoms with Crippen molar-refractivity contribution in [3.05, 3.63) is 23.8 Å². The summed E-state index contributed by atoms with van der Waals surface area (Å²) in [7, 11) is 1.66. The van der Waals surface area contributed by atoms with Gasteiger partial charge in [0.25, 0.3) is 0 Å². The third kappa shape index (κ3) is 5.94. The van der Waals surface area contributed by atoms with Gasteiger partial charge in [0.1, 0.15) is 0 Å². The molecule has 0 amide bonds. The van der Waals surface area contributed by atoms with Gasteiger partial charge in [0.2, 0.25) is 0 Å². The Morgan fingerprint density at radius 2 is 1.81 bits per heavy atom. The molecule has 5 nitrogen and oxygen atoms in total. The molecular weight excluding hydrogens is 266 g/mol. The maximum atomic E-state index is 5.65. The van der Waals surface area contributed by atoms with E-state index >= 15 is 0 Å². The van der Waals surface area contributed by atoms with E-state index in [9.17, 15) is 0 Å². The lowest BCUT2D eigenvalue weighted by molar-refractivity contribution is 0.294. The van der Waals surface area contributed by atoms with Crippen molar-refractivity contribution in [1.82, 2.24) is 10.6 Å². The number of hydrogen-bond acceptors (Lipinski definition) is 3. The smallest absolute Gasteiger partial charge is 0.191 e. The van der Waals surface area contributed by atoms with E-state index in [0.717, 1.165) is 42.5 Å². The van der Waals surface area contributed by atoms with Crippen LogP contribution in [0.15, 0.2) is 23.2 Å². The minimum Gasteiger partial charge on any atom is -0.493 e.